The third-order valence-corrected chi connectivity index (χ3v) is 3.48. The molecule has 17 heavy (non-hydrogen) atoms. The molecule has 1 heterocycles. The Labute approximate surface area is 103 Å². The molecular formula is C14H21FN2. The standard InChI is InChI=1S/C14H21FN2/c1-10-5-4-8-17(9-10)13-7-3-6-12(15)14(13)11(2)16/h3,6-7,10-11H,4-5,8-9,16H2,1-2H3. The van der Waals surface area contributed by atoms with Gasteiger partial charge in [-0.15, -0.1) is 0 Å². The van der Waals surface area contributed by atoms with E-state index in [9.17, 15) is 4.39 Å². The van der Waals surface area contributed by atoms with E-state index in [1.807, 2.05) is 13.0 Å². The van der Waals surface area contributed by atoms with Gasteiger partial charge in [0.1, 0.15) is 5.82 Å². The Bertz CT molecular complexity index is 390. The van der Waals surface area contributed by atoms with Gasteiger partial charge in [-0.3, -0.25) is 0 Å². The number of anilines is 1. The number of hydrogen-bond donors (Lipinski definition) is 1. The quantitative estimate of drug-likeness (QED) is 0.855. The Morgan fingerprint density at radius 1 is 1.47 bits per heavy atom. The maximum Gasteiger partial charge on any atom is 0.130 e. The summed E-state index contributed by atoms with van der Waals surface area (Å²) in [6, 6.07) is 4.99. The second-order valence-electron chi connectivity index (χ2n) is 5.15. The molecule has 1 aromatic rings. The molecule has 1 fully saturated rings. The Morgan fingerprint density at radius 2 is 2.24 bits per heavy atom. The molecule has 0 saturated carbocycles. The summed E-state index contributed by atoms with van der Waals surface area (Å²) < 4.78 is 13.8. The van der Waals surface area contributed by atoms with Gasteiger partial charge in [-0.25, -0.2) is 4.39 Å². The normalized spacial score (nSPS) is 22.6. The highest BCUT2D eigenvalue weighted by Crippen LogP contribution is 2.30. The first-order valence-corrected chi connectivity index (χ1v) is 6.38. The van der Waals surface area contributed by atoms with Gasteiger partial charge in [0.15, 0.2) is 0 Å². The van der Waals surface area contributed by atoms with E-state index in [1.165, 1.54) is 18.9 Å². The largest absolute Gasteiger partial charge is 0.371 e. The second-order valence-corrected chi connectivity index (χ2v) is 5.15. The molecule has 0 radical (unpaired) electrons. The minimum Gasteiger partial charge on any atom is -0.371 e. The molecule has 0 spiro atoms. The maximum atomic E-state index is 13.8. The monoisotopic (exact) mass is 236 g/mol. The van der Waals surface area contributed by atoms with Crippen LogP contribution in [0.25, 0.3) is 0 Å². The van der Waals surface area contributed by atoms with Crippen molar-refractivity contribution in [1.29, 1.82) is 0 Å². The zero-order valence-corrected chi connectivity index (χ0v) is 10.6. The van der Waals surface area contributed by atoms with Crippen LogP contribution < -0.4 is 10.6 Å². The van der Waals surface area contributed by atoms with Crippen LogP contribution in [0.1, 0.15) is 38.3 Å². The van der Waals surface area contributed by atoms with Crippen LogP contribution in [0.4, 0.5) is 10.1 Å². The molecule has 0 bridgehead atoms. The lowest BCUT2D eigenvalue weighted by Crippen LogP contribution is -2.35. The summed E-state index contributed by atoms with van der Waals surface area (Å²) in [6.07, 6.45) is 2.44. The summed E-state index contributed by atoms with van der Waals surface area (Å²) >= 11 is 0. The SMILES string of the molecule is CC1CCCN(c2cccc(F)c2C(C)N)C1. The summed E-state index contributed by atoms with van der Waals surface area (Å²) in [5.41, 5.74) is 7.52. The van der Waals surface area contributed by atoms with Crippen molar-refractivity contribution < 1.29 is 4.39 Å². The van der Waals surface area contributed by atoms with Crippen LogP contribution in [0, 0.1) is 11.7 Å². The fraction of sp³-hybridized carbons (Fsp3) is 0.571. The van der Waals surface area contributed by atoms with Gasteiger partial charge in [-0.2, -0.15) is 0 Å². The number of hydrogen-bond acceptors (Lipinski definition) is 2. The van der Waals surface area contributed by atoms with Gasteiger partial charge >= 0.3 is 0 Å². The molecule has 1 saturated heterocycles. The molecule has 2 nitrogen and oxygen atoms in total. The molecule has 0 aromatic heterocycles. The number of benzene rings is 1. The number of halogens is 1. The van der Waals surface area contributed by atoms with Crippen LogP contribution in [-0.2, 0) is 0 Å². The van der Waals surface area contributed by atoms with Gasteiger partial charge in [0.25, 0.3) is 0 Å². The Balaban J connectivity index is 2.34. The summed E-state index contributed by atoms with van der Waals surface area (Å²) in [5, 5.41) is 0. The van der Waals surface area contributed by atoms with E-state index < -0.39 is 0 Å². The zero-order chi connectivity index (χ0) is 12.4. The first-order chi connectivity index (χ1) is 8.09. The molecule has 2 N–H and O–H groups in total. The van der Waals surface area contributed by atoms with Gasteiger partial charge in [-0.1, -0.05) is 13.0 Å². The van der Waals surface area contributed by atoms with Crippen LogP contribution in [0.5, 0.6) is 0 Å². The van der Waals surface area contributed by atoms with Crippen LogP contribution >= 0.6 is 0 Å². The van der Waals surface area contributed by atoms with E-state index in [4.69, 9.17) is 5.73 Å². The van der Waals surface area contributed by atoms with Crippen molar-refractivity contribution >= 4 is 5.69 Å². The van der Waals surface area contributed by atoms with E-state index in [2.05, 4.69) is 11.8 Å². The summed E-state index contributed by atoms with van der Waals surface area (Å²) in [5.74, 6) is 0.490. The highest BCUT2D eigenvalue weighted by molar-refractivity contribution is 5.55. The molecule has 2 rings (SSSR count). The molecule has 1 aliphatic heterocycles. The minimum atomic E-state index is -0.261. The number of piperidine rings is 1. The topological polar surface area (TPSA) is 29.3 Å². The molecular weight excluding hydrogens is 215 g/mol. The summed E-state index contributed by atoms with van der Waals surface area (Å²) in [6.45, 7) is 6.10. The Morgan fingerprint density at radius 3 is 2.88 bits per heavy atom. The Hall–Kier alpha value is -1.09. The van der Waals surface area contributed by atoms with Crippen molar-refractivity contribution in [1.82, 2.24) is 0 Å². The third-order valence-electron chi connectivity index (χ3n) is 3.48. The average molecular weight is 236 g/mol. The molecule has 0 amide bonds. The van der Waals surface area contributed by atoms with Gasteiger partial charge in [0.2, 0.25) is 0 Å². The van der Waals surface area contributed by atoms with Gasteiger partial charge in [-0.05, 0) is 37.8 Å². The van der Waals surface area contributed by atoms with Crippen LogP contribution in [-0.4, -0.2) is 13.1 Å². The van der Waals surface area contributed by atoms with Crippen LogP contribution in [0.15, 0.2) is 18.2 Å². The van der Waals surface area contributed by atoms with Crippen molar-refractivity contribution in [2.75, 3.05) is 18.0 Å². The minimum absolute atomic E-state index is 0.185. The molecule has 2 atom stereocenters. The lowest BCUT2D eigenvalue weighted by molar-refractivity contribution is 0.444. The number of nitrogens with zero attached hydrogens (tertiary/aromatic N) is 1. The second kappa shape index (κ2) is 5.05. The zero-order valence-electron chi connectivity index (χ0n) is 10.6. The number of nitrogens with two attached hydrogens (primary N) is 1. The molecule has 0 aliphatic carbocycles. The summed E-state index contributed by atoms with van der Waals surface area (Å²) in [4.78, 5) is 2.27. The molecule has 2 unspecified atom stereocenters. The highest BCUT2D eigenvalue weighted by atomic mass is 19.1. The van der Waals surface area contributed by atoms with Gasteiger partial charge in [0, 0.05) is 30.4 Å². The molecule has 94 valence electrons. The average Bonchev–Trinajstić information content (AvgIpc) is 2.28. The molecule has 1 aliphatic rings. The fourth-order valence-corrected chi connectivity index (χ4v) is 2.66. The molecule has 1 aromatic carbocycles. The van der Waals surface area contributed by atoms with Gasteiger partial charge < -0.3 is 10.6 Å². The first kappa shape index (κ1) is 12.4. The smallest absolute Gasteiger partial charge is 0.130 e. The van der Waals surface area contributed by atoms with E-state index in [0.29, 0.717) is 11.5 Å². The fourth-order valence-electron chi connectivity index (χ4n) is 2.66. The van der Waals surface area contributed by atoms with E-state index in [-0.39, 0.29) is 11.9 Å². The lowest BCUT2D eigenvalue weighted by atomic mass is 9.97. The Kier molecular flexibility index (Phi) is 3.67. The first-order valence-electron chi connectivity index (χ1n) is 6.38. The van der Waals surface area contributed by atoms with Gasteiger partial charge in [0.05, 0.1) is 0 Å². The van der Waals surface area contributed by atoms with Crippen molar-refractivity contribution in [2.45, 2.75) is 32.7 Å². The van der Waals surface area contributed by atoms with E-state index >= 15 is 0 Å². The van der Waals surface area contributed by atoms with Crippen LogP contribution in [0.3, 0.4) is 0 Å². The number of rotatable bonds is 2. The molecule has 3 heteroatoms. The van der Waals surface area contributed by atoms with Crippen molar-refractivity contribution in [2.24, 2.45) is 11.7 Å². The van der Waals surface area contributed by atoms with Crippen molar-refractivity contribution in [3.05, 3.63) is 29.6 Å². The van der Waals surface area contributed by atoms with Crippen molar-refractivity contribution in [3.63, 3.8) is 0 Å². The lowest BCUT2D eigenvalue weighted by Gasteiger charge is -2.34. The highest BCUT2D eigenvalue weighted by Gasteiger charge is 2.21. The maximum absolute atomic E-state index is 13.8. The predicted octanol–water partition coefficient (Wildman–Crippen LogP) is 3.08. The van der Waals surface area contributed by atoms with E-state index in [0.717, 1.165) is 18.8 Å². The van der Waals surface area contributed by atoms with Crippen molar-refractivity contribution in [3.8, 4) is 0 Å². The third kappa shape index (κ3) is 2.60. The van der Waals surface area contributed by atoms with Crippen LogP contribution in [0.2, 0.25) is 0 Å². The summed E-state index contributed by atoms with van der Waals surface area (Å²) in [7, 11) is 0. The van der Waals surface area contributed by atoms with E-state index in [1.54, 1.807) is 6.07 Å². The predicted molar refractivity (Wildman–Crippen MR) is 69.6 cm³/mol.